The fourth-order valence-corrected chi connectivity index (χ4v) is 2.81. The van der Waals surface area contributed by atoms with Crippen LogP contribution in [0.15, 0.2) is 59.1 Å². The molecule has 0 bridgehead atoms. The van der Waals surface area contributed by atoms with Gasteiger partial charge in [0.2, 0.25) is 5.91 Å². The Morgan fingerprint density at radius 1 is 1.14 bits per heavy atom. The van der Waals surface area contributed by atoms with Crippen molar-refractivity contribution < 1.29 is 22.4 Å². The lowest BCUT2D eigenvalue weighted by Gasteiger charge is -2.09. The minimum atomic E-state index is -4.46. The van der Waals surface area contributed by atoms with Gasteiger partial charge in [0.1, 0.15) is 0 Å². The molecule has 1 aromatic heterocycles. The number of nitrogens with zero attached hydrogens (tertiary/aromatic N) is 1. The number of hydrogen-bond acceptors (Lipinski definition) is 3. The fraction of sp³-hybridized carbons (Fsp3) is 0.273. The van der Waals surface area contributed by atoms with Gasteiger partial charge in [0.25, 0.3) is 0 Å². The smallest absolute Gasteiger partial charge is 0.416 e. The number of carbonyl (C=O) groups is 1. The van der Waals surface area contributed by atoms with Crippen molar-refractivity contribution in [2.75, 3.05) is 5.32 Å². The Hall–Kier alpha value is -3.09. The summed E-state index contributed by atoms with van der Waals surface area (Å²) in [6.45, 7) is 4.23. The van der Waals surface area contributed by atoms with Crippen LogP contribution in [0.2, 0.25) is 0 Å². The molecule has 0 atom stereocenters. The van der Waals surface area contributed by atoms with Gasteiger partial charge in [-0.3, -0.25) is 4.79 Å². The van der Waals surface area contributed by atoms with Crippen LogP contribution in [0.25, 0.3) is 11.3 Å². The molecule has 0 aliphatic heterocycles. The number of halogens is 3. The van der Waals surface area contributed by atoms with Gasteiger partial charge in [-0.1, -0.05) is 44.2 Å². The second-order valence-corrected chi connectivity index (χ2v) is 7.02. The Kier molecular flexibility index (Phi) is 6.06. The van der Waals surface area contributed by atoms with E-state index in [2.05, 4.69) is 24.1 Å². The third-order valence-electron chi connectivity index (χ3n) is 4.46. The minimum Gasteiger partial charge on any atom is -0.441 e. The molecule has 152 valence electrons. The van der Waals surface area contributed by atoms with Crippen LogP contribution in [0.4, 0.5) is 18.9 Å². The van der Waals surface area contributed by atoms with E-state index >= 15 is 0 Å². The number of aryl methyl sites for hydroxylation is 1. The van der Waals surface area contributed by atoms with E-state index in [1.165, 1.54) is 17.7 Å². The average molecular weight is 402 g/mol. The van der Waals surface area contributed by atoms with Gasteiger partial charge in [-0.2, -0.15) is 13.2 Å². The van der Waals surface area contributed by atoms with E-state index in [9.17, 15) is 18.0 Å². The molecule has 0 spiro atoms. The third kappa shape index (κ3) is 5.47. The van der Waals surface area contributed by atoms with E-state index in [-0.39, 0.29) is 18.5 Å². The molecule has 3 aromatic rings. The standard InChI is InChI=1S/C22H21F3N2O2/c1-14(2)15-6-8-16(9-7-15)19-13-26-21(29-19)11-10-20(28)27-18-5-3-4-17(12-18)22(23,24)25/h3-9,12-14H,10-11H2,1-2H3,(H,27,28). The first-order valence-corrected chi connectivity index (χ1v) is 9.24. The predicted octanol–water partition coefficient (Wildman–Crippen LogP) is 6.06. The van der Waals surface area contributed by atoms with Crippen molar-refractivity contribution in [3.8, 4) is 11.3 Å². The van der Waals surface area contributed by atoms with E-state index in [4.69, 9.17) is 4.42 Å². The molecule has 0 fully saturated rings. The lowest BCUT2D eigenvalue weighted by molar-refractivity contribution is -0.137. The molecule has 1 N–H and O–H groups in total. The van der Waals surface area contributed by atoms with Gasteiger partial charge in [0.15, 0.2) is 11.7 Å². The van der Waals surface area contributed by atoms with Crippen molar-refractivity contribution in [3.63, 3.8) is 0 Å². The number of hydrogen-bond donors (Lipinski definition) is 1. The van der Waals surface area contributed by atoms with Crippen LogP contribution >= 0.6 is 0 Å². The van der Waals surface area contributed by atoms with Crippen molar-refractivity contribution in [1.82, 2.24) is 4.98 Å². The quantitative estimate of drug-likeness (QED) is 0.546. The van der Waals surface area contributed by atoms with Crippen LogP contribution in [-0.2, 0) is 17.4 Å². The lowest BCUT2D eigenvalue weighted by atomic mass is 10.0. The predicted molar refractivity (Wildman–Crippen MR) is 104 cm³/mol. The van der Waals surface area contributed by atoms with E-state index in [0.717, 1.165) is 17.7 Å². The summed E-state index contributed by atoms with van der Waals surface area (Å²) in [5.41, 5.74) is 1.40. The summed E-state index contributed by atoms with van der Waals surface area (Å²) >= 11 is 0. The SMILES string of the molecule is CC(C)c1ccc(-c2cnc(CCC(=O)Nc3cccc(C(F)(F)F)c3)o2)cc1. The number of alkyl halides is 3. The zero-order chi connectivity index (χ0) is 21.0. The second-order valence-electron chi connectivity index (χ2n) is 7.02. The minimum absolute atomic E-state index is 0.0441. The van der Waals surface area contributed by atoms with E-state index in [1.807, 2.05) is 24.3 Å². The van der Waals surface area contributed by atoms with E-state index in [1.54, 1.807) is 6.20 Å². The van der Waals surface area contributed by atoms with Gasteiger partial charge >= 0.3 is 6.18 Å². The summed E-state index contributed by atoms with van der Waals surface area (Å²) in [5, 5.41) is 2.47. The third-order valence-corrected chi connectivity index (χ3v) is 4.46. The summed E-state index contributed by atoms with van der Waals surface area (Å²) in [6, 6.07) is 12.5. The number of nitrogens with one attached hydrogen (secondary N) is 1. The molecule has 0 saturated carbocycles. The Labute approximate surface area is 166 Å². The molecule has 0 saturated heterocycles. The maximum atomic E-state index is 12.7. The Morgan fingerprint density at radius 2 is 1.86 bits per heavy atom. The van der Waals surface area contributed by atoms with Gasteiger partial charge in [0.05, 0.1) is 11.8 Å². The van der Waals surface area contributed by atoms with Crippen LogP contribution < -0.4 is 5.32 Å². The van der Waals surface area contributed by atoms with Gasteiger partial charge < -0.3 is 9.73 Å². The number of benzene rings is 2. The fourth-order valence-electron chi connectivity index (χ4n) is 2.81. The lowest BCUT2D eigenvalue weighted by Crippen LogP contribution is -2.13. The molecule has 0 aliphatic carbocycles. The van der Waals surface area contributed by atoms with E-state index < -0.39 is 17.6 Å². The largest absolute Gasteiger partial charge is 0.441 e. The highest BCUT2D eigenvalue weighted by molar-refractivity contribution is 5.90. The number of amides is 1. The number of aromatic nitrogens is 1. The molecule has 2 aromatic carbocycles. The van der Waals surface area contributed by atoms with Crippen LogP contribution in [0, 0.1) is 0 Å². The average Bonchev–Trinajstić information content (AvgIpc) is 3.15. The Bertz CT molecular complexity index is 976. The van der Waals surface area contributed by atoms with E-state index in [0.29, 0.717) is 17.6 Å². The summed E-state index contributed by atoms with van der Waals surface area (Å²) in [6.07, 6.45) is -2.57. The van der Waals surface area contributed by atoms with Crippen molar-refractivity contribution in [2.45, 2.75) is 38.8 Å². The highest BCUT2D eigenvalue weighted by atomic mass is 19.4. The Morgan fingerprint density at radius 3 is 2.52 bits per heavy atom. The zero-order valence-electron chi connectivity index (χ0n) is 16.1. The highest BCUT2D eigenvalue weighted by Crippen LogP contribution is 2.30. The molecule has 0 aliphatic rings. The zero-order valence-corrected chi connectivity index (χ0v) is 16.1. The normalized spacial score (nSPS) is 11.7. The molecule has 7 heteroatoms. The topological polar surface area (TPSA) is 55.1 Å². The van der Waals surface area contributed by atoms with Crippen molar-refractivity contribution in [3.05, 3.63) is 71.7 Å². The molecule has 1 heterocycles. The van der Waals surface area contributed by atoms with Gasteiger partial charge in [-0.25, -0.2) is 4.98 Å². The van der Waals surface area contributed by atoms with Gasteiger partial charge in [0, 0.05) is 24.1 Å². The van der Waals surface area contributed by atoms with Gasteiger partial charge in [-0.15, -0.1) is 0 Å². The number of carbonyl (C=O) groups excluding carboxylic acids is 1. The molecular formula is C22H21F3N2O2. The first kappa shape index (κ1) is 20.6. The number of rotatable bonds is 6. The maximum Gasteiger partial charge on any atom is 0.416 e. The summed E-state index contributed by atoms with van der Waals surface area (Å²) in [5.74, 6) is 1.02. The monoisotopic (exact) mass is 402 g/mol. The first-order valence-electron chi connectivity index (χ1n) is 9.24. The summed E-state index contributed by atoms with van der Waals surface area (Å²) < 4.78 is 43.9. The molecular weight excluding hydrogens is 381 g/mol. The molecule has 3 rings (SSSR count). The summed E-state index contributed by atoms with van der Waals surface area (Å²) in [7, 11) is 0. The van der Waals surface area contributed by atoms with Crippen molar-refractivity contribution in [1.29, 1.82) is 0 Å². The maximum absolute atomic E-state index is 12.7. The molecule has 0 unspecified atom stereocenters. The first-order chi connectivity index (χ1) is 13.7. The molecule has 0 radical (unpaired) electrons. The number of oxazole rings is 1. The molecule has 1 amide bonds. The van der Waals surface area contributed by atoms with Crippen molar-refractivity contribution >= 4 is 11.6 Å². The van der Waals surface area contributed by atoms with Gasteiger partial charge in [-0.05, 0) is 29.7 Å². The number of anilines is 1. The van der Waals surface area contributed by atoms with Crippen LogP contribution in [0.5, 0.6) is 0 Å². The Balaban J connectivity index is 1.57. The molecule has 29 heavy (non-hydrogen) atoms. The van der Waals surface area contributed by atoms with Crippen LogP contribution in [-0.4, -0.2) is 10.9 Å². The van der Waals surface area contributed by atoms with Crippen LogP contribution in [0.3, 0.4) is 0 Å². The highest BCUT2D eigenvalue weighted by Gasteiger charge is 2.30. The van der Waals surface area contributed by atoms with Crippen LogP contribution in [0.1, 0.15) is 43.2 Å². The summed E-state index contributed by atoms with van der Waals surface area (Å²) in [4.78, 5) is 16.2. The molecule has 4 nitrogen and oxygen atoms in total. The second kappa shape index (κ2) is 8.51. The van der Waals surface area contributed by atoms with Crippen molar-refractivity contribution in [2.24, 2.45) is 0 Å².